The number of rotatable bonds is 9. The Morgan fingerprint density at radius 3 is 2.68 bits per heavy atom. The molecule has 1 atom stereocenters. The van der Waals surface area contributed by atoms with Gasteiger partial charge in [0.05, 0.1) is 22.4 Å². The standard InChI is InChI=1S/C23H22BrCl2N5O2S/c1-4-9-31-21(14(3)27-22(33)17-7-5-15(25)11-19(17)26)29-30-23(31)34-12-20(32)28-16-6-8-18(24)13(2)10-16/h4-8,10-11,14H,1,9,12H2,2-3H3,(H,27,33)(H,28,32). The average Bonchev–Trinajstić information content (AvgIpc) is 3.17. The molecule has 1 heterocycles. The summed E-state index contributed by atoms with van der Waals surface area (Å²) in [6.45, 7) is 7.95. The highest BCUT2D eigenvalue weighted by molar-refractivity contribution is 9.10. The van der Waals surface area contributed by atoms with Gasteiger partial charge in [-0.1, -0.05) is 57.0 Å². The molecule has 7 nitrogen and oxygen atoms in total. The predicted molar refractivity (Wildman–Crippen MR) is 141 cm³/mol. The number of carbonyl (C=O) groups is 2. The smallest absolute Gasteiger partial charge is 0.253 e. The maximum atomic E-state index is 12.7. The topological polar surface area (TPSA) is 88.9 Å². The van der Waals surface area contributed by atoms with Crippen molar-refractivity contribution in [3.8, 4) is 0 Å². The molecule has 2 amide bonds. The van der Waals surface area contributed by atoms with Gasteiger partial charge in [0.25, 0.3) is 5.91 Å². The van der Waals surface area contributed by atoms with E-state index in [1.165, 1.54) is 17.8 Å². The van der Waals surface area contributed by atoms with E-state index in [9.17, 15) is 9.59 Å². The van der Waals surface area contributed by atoms with Crippen LogP contribution in [-0.2, 0) is 11.3 Å². The Labute approximate surface area is 220 Å². The number of aryl methyl sites for hydroxylation is 1. The molecule has 0 aliphatic rings. The van der Waals surface area contributed by atoms with Crippen molar-refractivity contribution in [2.75, 3.05) is 11.1 Å². The first-order valence-corrected chi connectivity index (χ1v) is 12.7. The predicted octanol–water partition coefficient (Wildman–Crippen LogP) is 6.06. The normalized spacial score (nSPS) is 11.7. The van der Waals surface area contributed by atoms with Crippen LogP contribution < -0.4 is 10.6 Å². The minimum absolute atomic E-state index is 0.144. The molecule has 178 valence electrons. The number of hydrogen-bond acceptors (Lipinski definition) is 5. The fraction of sp³-hybridized carbons (Fsp3) is 0.217. The van der Waals surface area contributed by atoms with E-state index in [1.807, 2.05) is 29.7 Å². The van der Waals surface area contributed by atoms with Gasteiger partial charge in [-0.3, -0.25) is 9.59 Å². The number of aromatic nitrogens is 3. The van der Waals surface area contributed by atoms with Crippen molar-refractivity contribution in [1.82, 2.24) is 20.1 Å². The number of benzene rings is 2. The van der Waals surface area contributed by atoms with Crippen LogP contribution in [-0.4, -0.2) is 32.3 Å². The second-order valence-electron chi connectivity index (χ2n) is 7.36. The zero-order chi connectivity index (χ0) is 24.8. The van der Waals surface area contributed by atoms with Crippen LogP contribution in [0.25, 0.3) is 0 Å². The monoisotopic (exact) mass is 581 g/mol. The Kier molecular flexibility index (Phi) is 9.18. The fourth-order valence-corrected chi connectivity index (χ4v) is 4.59. The number of carbonyl (C=O) groups excluding carboxylic acids is 2. The van der Waals surface area contributed by atoms with Crippen molar-refractivity contribution in [3.05, 3.63) is 80.5 Å². The van der Waals surface area contributed by atoms with Crippen molar-refractivity contribution in [3.63, 3.8) is 0 Å². The number of nitrogens with one attached hydrogen (secondary N) is 2. The molecule has 3 aromatic rings. The first-order valence-electron chi connectivity index (χ1n) is 10.2. The molecule has 0 spiro atoms. The van der Waals surface area contributed by atoms with Gasteiger partial charge in [-0.2, -0.15) is 0 Å². The van der Waals surface area contributed by atoms with E-state index in [0.29, 0.717) is 28.1 Å². The van der Waals surface area contributed by atoms with Gasteiger partial charge < -0.3 is 15.2 Å². The number of nitrogens with zero attached hydrogens (tertiary/aromatic N) is 3. The van der Waals surface area contributed by atoms with Gasteiger partial charge in [0.2, 0.25) is 5.91 Å². The second kappa shape index (κ2) is 11.9. The van der Waals surface area contributed by atoms with Gasteiger partial charge in [-0.05, 0) is 55.8 Å². The highest BCUT2D eigenvalue weighted by atomic mass is 79.9. The molecular formula is C23H22BrCl2N5O2S. The fourth-order valence-electron chi connectivity index (χ4n) is 3.09. The zero-order valence-electron chi connectivity index (χ0n) is 18.4. The van der Waals surface area contributed by atoms with Crippen molar-refractivity contribution in [1.29, 1.82) is 0 Å². The molecule has 3 rings (SSSR count). The molecule has 0 radical (unpaired) electrons. The van der Waals surface area contributed by atoms with Crippen LogP contribution in [0.15, 0.2) is 58.7 Å². The summed E-state index contributed by atoms with van der Waals surface area (Å²) < 4.78 is 2.79. The summed E-state index contributed by atoms with van der Waals surface area (Å²) >= 11 is 16.8. The second-order valence-corrected chi connectivity index (χ2v) is 10.0. The molecular weight excluding hydrogens is 561 g/mol. The van der Waals surface area contributed by atoms with E-state index in [1.54, 1.807) is 25.1 Å². The van der Waals surface area contributed by atoms with E-state index < -0.39 is 6.04 Å². The number of hydrogen-bond donors (Lipinski definition) is 2. The Bertz CT molecular complexity index is 1230. The van der Waals surface area contributed by atoms with Gasteiger partial charge in [-0.25, -0.2) is 0 Å². The van der Waals surface area contributed by atoms with Gasteiger partial charge in [0, 0.05) is 21.7 Å². The Balaban J connectivity index is 1.68. The molecule has 0 fully saturated rings. The van der Waals surface area contributed by atoms with Crippen LogP contribution in [0, 0.1) is 6.92 Å². The van der Waals surface area contributed by atoms with Crippen LogP contribution in [0.4, 0.5) is 5.69 Å². The minimum atomic E-state index is -0.472. The third-order valence-corrected chi connectivity index (χ3v) is 7.15. The first-order chi connectivity index (χ1) is 16.2. The highest BCUT2D eigenvalue weighted by Gasteiger charge is 2.21. The van der Waals surface area contributed by atoms with Crippen LogP contribution in [0.3, 0.4) is 0 Å². The summed E-state index contributed by atoms with van der Waals surface area (Å²) in [4.78, 5) is 25.1. The van der Waals surface area contributed by atoms with Crippen LogP contribution in [0.1, 0.15) is 34.7 Å². The Hall–Kier alpha value is -2.33. The summed E-state index contributed by atoms with van der Waals surface area (Å²) in [5, 5.41) is 15.5. The van der Waals surface area contributed by atoms with Crippen molar-refractivity contribution < 1.29 is 9.59 Å². The van der Waals surface area contributed by atoms with Crippen LogP contribution in [0.2, 0.25) is 10.0 Å². The lowest BCUT2D eigenvalue weighted by Gasteiger charge is -2.16. The zero-order valence-corrected chi connectivity index (χ0v) is 22.4. The maximum absolute atomic E-state index is 12.7. The summed E-state index contributed by atoms with van der Waals surface area (Å²) in [6, 6.07) is 9.81. The Morgan fingerprint density at radius 1 is 1.24 bits per heavy atom. The number of anilines is 1. The van der Waals surface area contributed by atoms with Crippen LogP contribution in [0.5, 0.6) is 0 Å². The average molecular weight is 583 g/mol. The molecule has 1 unspecified atom stereocenters. The molecule has 11 heteroatoms. The number of allylic oxidation sites excluding steroid dienone is 1. The molecule has 2 aromatic carbocycles. The van der Waals surface area contributed by atoms with E-state index in [-0.39, 0.29) is 22.6 Å². The molecule has 0 aliphatic carbocycles. The summed E-state index contributed by atoms with van der Waals surface area (Å²) in [6.07, 6.45) is 1.70. The van der Waals surface area contributed by atoms with Gasteiger partial charge in [0.1, 0.15) is 0 Å². The molecule has 0 saturated carbocycles. The number of halogens is 3. The SMILES string of the molecule is C=CCn1c(SCC(=O)Nc2ccc(Br)c(C)c2)nnc1C(C)NC(=O)c1ccc(Cl)cc1Cl. The minimum Gasteiger partial charge on any atom is -0.342 e. The van der Waals surface area contributed by atoms with Gasteiger partial charge in [0.15, 0.2) is 11.0 Å². The third-order valence-electron chi connectivity index (χ3n) is 4.74. The van der Waals surface area contributed by atoms with Crippen molar-refractivity contribution in [2.45, 2.75) is 31.6 Å². The summed E-state index contributed by atoms with van der Waals surface area (Å²) in [7, 11) is 0. The van der Waals surface area contributed by atoms with E-state index in [4.69, 9.17) is 23.2 Å². The number of thioether (sulfide) groups is 1. The molecule has 2 N–H and O–H groups in total. The lowest BCUT2D eigenvalue weighted by molar-refractivity contribution is -0.113. The summed E-state index contributed by atoms with van der Waals surface area (Å²) in [5.74, 6) is 0.150. The highest BCUT2D eigenvalue weighted by Crippen LogP contribution is 2.24. The summed E-state index contributed by atoms with van der Waals surface area (Å²) in [5.41, 5.74) is 2.05. The lowest BCUT2D eigenvalue weighted by atomic mass is 10.2. The van der Waals surface area contributed by atoms with Gasteiger partial charge in [-0.15, -0.1) is 16.8 Å². The molecule has 0 bridgehead atoms. The van der Waals surface area contributed by atoms with E-state index in [0.717, 1.165) is 15.7 Å². The molecule has 1 aromatic heterocycles. The lowest BCUT2D eigenvalue weighted by Crippen LogP contribution is -2.29. The van der Waals surface area contributed by atoms with Crippen LogP contribution >= 0.6 is 50.9 Å². The molecule has 0 aliphatic heterocycles. The molecule has 0 saturated heterocycles. The van der Waals surface area contributed by atoms with E-state index in [2.05, 4.69) is 43.3 Å². The molecule has 34 heavy (non-hydrogen) atoms. The van der Waals surface area contributed by atoms with E-state index >= 15 is 0 Å². The van der Waals surface area contributed by atoms with Crippen molar-refractivity contribution in [2.24, 2.45) is 0 Å². The van der Waals surface area contributed by atoms with Gasteiger partial charge >= 0.3 is 0 Å². The maximum Gasteiger partial charge on any atom is 0.253 e. The largest absolute Gasteiger partial charge is 0.342 e. The Morgan fingerprint density at radius 2 is 2.00 bits per heavy atom. The number of amides is 2. The van der Waals surface area contributed by atoms with Crippen molar-refractivity contribution >= 4 is 68.4 Å². The third kappa shape index (κ3) is 6.63. The quantitative estimate of drug-likeness (QED) is 0.236. The first kappa shape index (κ1) is 26.3.